The van der Waals surface area contributed by atoms with Gasteiger partial charge in [0.25, 0.3) is 0 Å². The van der Waals surface area contributed by atoms with Crippen molar-refractivity contribution in [3.8, 4) is 0 Å². The number of nitrogens with zero attached hydrogens (tertiary/aromatic N) is 2. The number of fused-ring (bicyclic) bond motifs is 2. The fourth-order valence-electron chi connectivity index (χ4n) is 2.58. The Balaban J connectivity index is 1.69. The Morgan fingerprint density at radius 3 is 2.26 bits per heavy atom. The Hall–Kier alpha value is -2.67. The Kier molecular flexibility index (Phi) is 3.16. The van der Waals surface area contributed by atoms with Crippen molar-refractivity contribution >= 4 is 43.8 Å². The summed E-state index contributed by atoms with van der Waals surface area (Å²) >= 11 is 3.45. The van der Waals surface area contributed by atoms with E-state index in [1.165, 1.54) is 0 Å². The summed E-state index contributed by atoms with van der Waals surface area (Å²) in [5, 5.41) is 7.50. The number of imidazole rings is 2. The molecule has 0 radical (unpaired) electrons. The van der Waals surface area contributed by atoms with Gasteiger partial charge < -0.3 is 15.7 Å². The van der Waals surface area contributed by atoms with Crippen molar-refractivity contribution in [3.63, 3.8) is 0 Å². The van der Waals surface area contributed by atoms with Gasteiger partial charge in [0.2, 0.25) is 0 Å². The van der Waals surface area contributed by atoms with Gasteiger partial charge in [-0.05, 0) is 36.4 Å². The highest BCUT2D eigenvalue weighted by molar-refractivity contribution is 9.10. The molecule has 0 aliphatic rings. The monoisotopic (exact) mass is 368 g/mol. The van der Waals surface area contributed by atoms with Crippen LogP contribution in [0.25, 0.3) is 22.1 Å². The van der Waals surface area contributed by atoms with E-state index in [0.717, 1.165) is 38.2 Å². The van der Waals surface area contributed by atoms with E-state index < -0.39 is 0 Å². The van der Waals surface area contributed by atoms with Gasteiger partial charge in [-0.25, -0.2) is 9.97 Å². The number of aromatic amines is 2. The topological polar surface area (TPSA) is 107 Å². The molecule has 0 amide bonds. The molecule has 0 atom stereocenters. The van der Waals surface area contributed by atoms with Crippen LogP contribution in [0.5, 0.6) is 0 Å². The SMILES string of the molecule is N=C(N)c1ccc2[nH]c(Cc3nc4cc(Br)ccc4[nH]3)nc2c1. The third kappa shape index (κ3) is 2.59. The number of nitrogens with one attached hydrogen (secondary N) is 3. The van der Waals surface area contributed by atoms with Crippen molar-refractivity contribution in [1.82, 2.24) is 19.9 Å². The van der Waals surface area contributed by atoms with Crippen molar-refractivity contribution in [2.45, 2.75) is 6.42 Å². The lowest BCUT2D eigenvalue weighted by Crippen LogP contribution is -2.10. The molecule has 6 nitrogen and oxygen atoms in total. The second kappa shape index (κ2) is 5.20. The normalized spacial score (nSPS) is 11.3. The molecular formula is C16H13BrN6. The molecule has 4 aromatic rings. The number of amidine groups is 1. The lowest BCUT2D eigenvalue weighted by atomic mass is 10.2. The first-order valence-corrected chi connectivity index (χ1v) is 7.85. The van der Waals surface area contributed by atoms with Crippen LogP contribution in [0, 0.1) is 5.41 Å². The smallest absolute Gasteiger partial charge is 0.122 e. The Morgan fingerprint density at radius 2 is 1.61 bits per heavy atom. The van der Waals surface area contributed by atoms with Crippen molar-refractivity contribution in [2.75, 3.05) is 0 Å². The largest absolute Gasteiger partial charge is 0.384 e. The van der Waals surface area contributed by atoms with Crippen molar-refractivity contribution in [3.05, 3.63) is 58.1 Å². The van der Waals surface area contributed by atoms with E-state index in [1.54, 1.807) is 0 Å². The molecule has 0 spiro atoms. The third-order valence-corrected chi connectivity index (χ3v) is 4.17. The predicted octanol–water partition coefficient (Wildman–Crippen LogP) is 3.08. The summed E-state index contributed by atoms with van der Waals surface area (Å²) in [6.45, 7) is 0. The molecule has 0 aliphatic carbocycles. The highest BCUT2D eigenvalue weighted by Gasteiger charge is 2.09. The second-order valence-corrected chi connectivity index (χ2v) is 6.27. The lowest BCUT2D eigenvalue weighted by molar-refractivity contribution is 0.960. The van der Waals surface area contributed by atoms with E-state index in [0.29, 0.717) is 12.0 Å². The van der Waals surface area contributed by atoms with E-state index >= 15 is 0 Å². The number of rotatable bonds is 3. The number of H-pyrrole nitrogens is 2. The maximum atomic E-state index is 7.50. The lowest BCUT2D eigenvalue weighted by Gasteiger charge is -1.95. The molecular weight excluding hydrogens is 356 g/mol. The number of nitrogens with two attached hydrogens (primary N) is 1. The highest BCUT2D eigenvalue weighted by Crippen LogP contribution is 2.19. The second-order valence-electron chi connectivity index (χ2n) is 5.35. The molecule has 7 heteroatoms. The molecule has 23 heavy (non-hydrogen) atoms. The zero-order valence-corrected chi connectivity index (χ0v) is 13.6. The quantitative estimate of drug-likeness (QED) is 0.329. The van der Waals surface area contributed by atoms with E-state index in [9.17, 15) is 0 Å². The summed E-state index contributed by atoms with van der Waals surface area (Å²) in [4.78, 5) is 15.7. The Labute approximate surface area is 139 Å². The molecule has 0 bridgehead atoms. The molecule has 0 aliphatic heterocycles. The molecule has 4 rings (SSSR count). The molecule has 0 unspecified atom stereocenters. The summed E-state index contributed by atoms with van der Waals surface area (Å²) in [7, 11) is 0. The van der Waals surface area contributed by atoms with Gasteiger partial charge in [0.1, 0.15) is 17.5 Å². The maximum absolute atomic E-state index is 7.50. The van der Waals surface area contributed by atoms with Crippen LogP contribution < -0.4 is 5.73 Å². The standard InChI is InChI=1S/C16H13BrN6/c17-9-2-4-11-13(6-9)23-15(21-11)7-14-20-10-3-1-8(16(18)19)5-12(10)22-14/h1-6H,7H2,(H3,18,19)(H,20,22)(H,21,23). The molecule has 0 saturated heterocycles. The fraction of sp³-hybridized carbons (Fsp3) is 0.0625. The van der Waals surface area contributed by atoms with E-state index in [1.807, 2.05) is 36.4 Å². The summed E-state index contributed by atoms with van der Waals surface area (Å²) in [6, 6.07) is 11.5. The average molecular weight is 369 g/mol. The minimum atomic E-state index is 0.0410. The first-order chi connectivity index (χ1) is 11.1. The fourth-order valence-corrected chi connectivity index (χ4v) is 2.93. The van der Waals surface area contributed by atoms with Crippen LogP contribution >= 0.6 is 15.9 Å². The zero-order chi connectivity index (χ0) is 16.0. The molecule has 0 saturated carbocycles. The van der Waals surface area contributed by atoms with Crippen LogP contribution in [0.4, 0.5) is 0 Å². The highest BCUT2D eigenvalue weighted by atomic mass is 79.9. The predicted molar refractivity (Wildman–Crippen MR) is 93.7 cm³/mol. The molecule has 2 aromatic heterocycles. The molecule has 2 aromatic carbocycles. The van der Waals surface area contributed by atoms with E-state index in [4.69, 9.17) is 11.1 Å². The van der Waals surface area contributed by atoms with Crippen LogP contribution in [0.1, 0.15) is 17.2 Å². The van der Waals surface area contributed by atoms with E-state index in [2.05, 4.69) is 35.9 Å². The van der Waals surface area contributed by atoms with Gasteiger partial charge in [-0.3, -0.25) is 5.41 Å². The van der Waals surface area contributed by atoms with Crippen LogP contribution in [0.3, 0.4) is 0 Å². The number of aromatic nitrogens is 4. The minimum absolute atomic E-state index is 0.0410. The number of halogens is 1. The minimum Gasteiger partial charge on any atom is -0.384 e. The average Bonchev–Trinajstić information content (AvgIpc) is 3.08. The van der Waals surface area contributed by atoms with Gasteiger partial charge in [0.05, 0.1) is 28.5 Å². The van der Waals surface area contributed by atoms with Gasteiger partial charge in [-0.15, -0.1) is 0 Å². The van der Waals surface area contributed by atoms with E-state index in [-0.39, 0.29) is 5.84 Å². The van der Waals surface area contributed by atoms with Crippen molar-refractivity contribution in [1.29, 1.82) is 5.41 Å². The van der Waals surface area contributed by atoms with Crippen molar-refractivity contribution in [2.24, 2.45) is 5.73 Å². The molecule has 2 heterocycles. The first kappa shape index (κ1) is 14.0. The van der Waals surface area contributed by atoms with Gasteiger partial charge >= 0.3 is 0 Å². The Morgan fingerprint density at radius 1 is 1.00 bits per heavy atom. The molecule has 0 fully saturated rings. The van der Waals surface area contributed by atoms with Crippen LogP contribution in [-0.2, 0) is 6.42 Å². The number of hydrogen-bond donors (Lipinski definition) is 4. The van der Waals surface area contributed by atoms with Gasteiger partial charge in [-0.1, -0.05) is 15.9 Å². The summed E-state index contributed by atoms with van der Waals surface area (Å²) < 4.78 is 1.00. The van der Waals surface area contributed by atoms with Crippen molar-refractivity contribution < 1.29 is 0 Å². The summed E-state index contributed by atoms with van der Waals surface area (Å²) in [5.41, 5.74) is 9.82. The molecule has 114 valence electrons. The van der Waals surface area contributed by atoms with Crippen LogP contribution in [0.2, 0.25) is 0 Å². The van der Waals surface area contributed by atoms with Gasteiger partial charge in [-0.2, -0.15) is 0 Å². The van der Waals surface area contributed by atoms with Gasteiger partial charge in [0.15, 0.2) is 0 Å². The zero-order valence-electron chi connectivity index (χ0n) is 12.0. The maximum Gasteiger partial charge on any atom is 0.122 e. The summed E-state index contributed by atoms with van der Waals surface area (Å²) in [5.74, 6) is 1.71. The molecule has 5 N–H and O–H groups in total. The Bertz CT molecular complexity index is 1050. The third-order valence-electron chi connectivity index (χ3n) is 3.67. The summed E-state index contributed by atoms with van der Waals surface area (Å²) in [6.07, 6.45) is 0.580. The van der Waals surface area contributed by atoms with Crippen LogP contribution in [0.15, 0.2) is 40.9 Å². The van der Waals surface area contributed by atoms with Gasteiger partial charge in [0, 0.05) is 10.0 Å². The number of benzene rings is 2. The van der Waals surface area contributed by atoms with Crippen LogP contribution in [-0.4, -0.2) is 25.8 Å². The first-order valence-electron chi connectivity index (χ1n) is 7.06. The number of nitrogen functional groups attached to an aromatic ring is 1. The number of hydrogen-bond acceptors (Lipinski definition) is 3.